The predicted molar refractivity (Wildman–Crippen MR) is 62.3 cm³/mol. The van der Waals surface area contributed by atoms with E-state index in [1.165, 1.54) is 6.33 Å². The number of nitrogens with zero attached hydrogens (tertiary/aromatic N) is 3. The number of hydrogen-bond acceptors (Lipinski definition) is 5. The van der Waals surface area contributed by atoms with Crippen molar-refractivity contribution in [3.63, 3.8) is 0 Å². The zero-order chi connectivity index (χ0) is 13.9. The molecule has 0 aromatic carbocycles. The van der Waals surface area contributed by atoms with E-state index in [-0.39, 0.29) is 6.54 Å². The van der Waals surface area contributed by atoms with Crippen LogP contribution in [0.5, 0.6) is 0 Å². The van der Waals surface area contributed by atoms with Gasteiger partial charge in [-0.2, -0.15) is 12.7 Å². The van der Waals surface area contributed by atoms with E-state index in [0.29, 0.717) is 5.69 Å². The van der Waals surface area contributed by atoms with Crippen molar-refractivity contribution in [2.24, 2.45) is 17.9 Å². The Kier molecular flexibility index (Phi) is 4.40. The first-order valence-corrected chi connectivity index (χ1v) is 6.43. The monoisotopic (exact) mass is 277 g/mol. The molecule has 1 rings (SSSR count). The highest BCUT2D eigenvalue weighted by molar-refractivity contribution is 7.86. The van der Waals surface area contributed by atoms with Gasteiger partial charge in [0.25, 0.3) is 10.2 Å². The van der Waals surface area contributed by atoms with Crippen LogP contribution in [0.3, 0.4) is 0 Å². The van der Waals surface area contributed by atoms with Gasteiger partial charge in [-0.3, -0.25) is 4.79 Å². The number of imidazole rings is 1. The van der Waals surface area contributed by atoms with Gasteiger partial charge in [0.2, 0.25) is 0 Å². The Balaban J connectivity index is 2.83. The quantitative estimate of drug-likeness (QED) is 0.540. The highest BCUT2D eigenvalue weighted by Crippen LogP contribution is 2.05. The fraction of sp³-hybridized carbons (Fsp3) is 0.500. The van der Waals surface area contributed by atoms with Crippen LogP contribution in [0.15, 0.2) is 12.5 Å². The van der Waals surface area contributed by atoms with Crippen molar-refractivity contribution in [3.8, 4) is 0 Å². The van der Waals surface area contributed by atoms with Crippen molar-refractivity contribution in [2.45, 2.75) is 12.6 Å². The molecule has 0 unspecified atom stereocenters. The van der Waals surface area contributed by atoms with E-state index in [2.05, 4.69) is 4.98 Å². The Bertz CT molecular complexity index is 525. The fourth-order valence-electron chi connectivity index (χ4n) is 1.29. The minimum Gasteiger partial charge on any atom is -0.480 e. The second-order valence-electron chi connectivity index (χ2n) is 3.81. The number of rotatable bonds is 6. The van der Waals surface area contributed by atoms with Gasteiger partial charge in [0.1, 0.15) is 6.04 Å². The van der Waals surface area contributed by atoms with Crippen LogP contribution in [0, 0.1) is 0 Å². The Morgan fingerprint density at radius 1 is 1.67 bits per heavy atom. The van der Waals surface area contributed by atoms with E-state index in [1.54, 1.807) is 17.8 Å². The SMILES string of the molecule is Cn1cnc(CN(C[C@H](N)C(=O)O)S(N)(=O)=O)c1. The van der Waals surface area contributed by atoms with Crippen LogP contribution < -0.4 is 10.9 Å². The summed E-state index contributed by atoms with van der Waals surface area (Å²) in [5, 5.41) is 13.7. The van der Waals surface area contributed by atoms with Crippen LogP contribution in [-0.2, 0) is 28.6 Å². The molecule has 1 atom stereocenters. The fourth-order valence-corrected chi connectivity index (χ4v) is 1.97. The van der Waals surface area contributed by atoms with Crippen molar-refractivity contribution in [1.29, 1.82) is 0 Å². The minimum atomic E-state index is -4.04. The van der Waals surface area contributed by atoms with E-state index >= 15 is 0 Å². The normalized spacial score (nSPS) is 13.8. The van der Waals surface area contributed by atoms with Gasteiger partial charge in [-0.05, 0) is 0 Å². The van der Waals surface area contributed by atoms with E-state index in [4.69, 9.17) is 16.0 Å². The number of hydrogen-bond donors (Lipinski definition) is 3. The van der Waals surface area contributed by atoms with Crippen molar-refractivity contribution >= 4 is 16.2 Å². The minimum absolute atomic E-state index is 0.124. The lowest BCUT2D eigenvalue weighted by Crippen LogP contribution is -2.47. The number of carboxylic acid groups (broad SMARTS) is 1. The van der Waals surface area contributed by atoms with Crippen LogP contribution in [-0.4, -0.2) is 45.9 Å². The van der Waals surface area contributed by atoms with Crippen LogP contribution in [0.4, 0.5) is 0 Å². The Hall–Kier alpha value is -1.49. The molecule has 18 heavy (non-hydrogen) atoms. The van der Waals surface area contributed by atoms with Crippen LogP contribution >= 0.6 is 0 Å². The summed E-state index contributed by atoms with van der Waals surface area (Å²) in [5.41, 5.74) is 5.73. The molecular formula is C8H15N5O4S. The van der Waals surface area contributed by atoms with Gasteiger partial charge in [0.15, 0.2) is 0 Å². The van der Waals surface area contributed by atoms with Gasteiger partial charge in [-0.15, -0.1) is 0 Å². The maximum Gasteiger partial charge on any atom is 0.321 e. The summed E-state index contributed by atoms with van der Waals surface area (Å²) in [5.74, 6) is -1.30. The number of aryl methyl sites for hydroxylation is 1. The molecule has 102 valence electrons. The molecule has 0 aliphatic rings. The second-order valence-corrected chi connectivity index (χ2v) is 5.36. The van der Waals surface area contributed by atoms with Crippen LogP contribution in [0.25, 0.3) is 0 Å². The average molecular weight is 277 g/mol. The standard InChI is InChI=1S/C8H15N5O4S/c1-12-2-6(11-5-12)3-13(18(10,16)17)4-7(9)8(14)15/h2,5,7H,3-4,9H2,1H3,(H,14,15)(H2,10,16,17)/t7-/m0/s1. The maximum atomic E-state index is 11.3. The molecule has 0 bridgehead atoms. The third-order valence-electron chi connectivity index (χ3n) is 2.17. The molecule has 0 saturated carbocycles. The molecule has 10 heteroatoms. The molecule has 9 nitrogen and oxygen atoms in total. The van der Waals surface area contributed by atoms with Gasteiger partial charge >= 0.3 is 5.97 Å². The van der Waals surface area contributed by atoms with Crippen molar-refractivity contribution in [1.82, 2.24) is 13.9 Å². The molecule has 5 N–H and O–H groups in total. The summed E-state index contributed by atoms with van der Waals surface area (Å²) in [4.78, 5) is 14.5. The lowest BCUT2D eigenvalue weighted by atomic mass is 10.3. The first kappa shape index (κ1) is 14.6. The van der Waals surface area contributed by atoms with E-state index in [1.807, 2.05) is 0 Å². The highest BCUT2D eigenvalue weighted by atomic mass is 32.2. The number of aromatic nitrogens is 2. The van der Waals surface area contributed by atoms with Gasteiger partial charge < -0.3 is 15.4 Å². The molecule has 1 aromatic rings. The molecule has 1 aromatic heterocycles. The zero-order valence-corrected chi connectivity index (χ0v) is 10.5. The third-order valence-corrected chi connectivity index (χ3v) is 3.17. The van der Waals surface area contributed by atoms with Crippen molar-refractivity contribution in [3.05, 3.63) is 18.2 Å². The third kappa shape index (κ3) is 4.07. The van der Waals surface area contributed by atoms with Gasteiger partial charge in [0, 0.05) is 19.8 Å². The molecule has 0 amide bonds. The van der Waals surface area contributed by atoms with E-state index in [0.717, 1.165) is 4.31 Å². The largest absolute Gasteiger partial charge is 0.480 e. The number of carboxylic acids is 1. The summed E-state index contributed by atoms with van der Waals surface area (Å²) in [6, 6.07) is -1.34. The van der Waals surface area contributed by atoms with Gasteiger partial charge in [-0.25, -0.2) is 10.1 Å². The Morgan fingerprint density at radius 3 is 2.67 bits per heavy atom. The molecular weight excluding hydrogens is 262 g/mol. The predicted octanol–water partition coefficient (Wildman–Crippen LogP) is -2.16. The maximum absolute atomic E-state index is 11.3. The zero-order valence-electron chi connectivity index (χ0n) is 9.72. The number of nitrogens with two attached hydrogens (primary N) is 2. The number of carbonyl (C=O) groups is 1. The van der Waals surface area contributed by atoms with Crippen LogP contribution in [0.2, 0.25) is 0 Å². The lowest BCUT2D eigenvalue weighted by Gasteiger charge is -2.20. The second kappa shape index (κ2) is 5.44. The Morgan fingerprint density at radius 2 is 2.28 bits per heavy atom. The number of aliphatic carboxylic acids is 1. The topological polar surface area (TPSA) is 145 Å². The summed E-state index contributed by atoms with van der Waals surface area (Å²) >= 11 is 0. The van der Waals surface area contributed by atoms with E-state index in [9.17, 15) is 13.2 Å². The van der Waals surface area contributed by atoms with Gasteiger partial charge in [0.05, 0.1) is 18.6 Å². The highest BCUT2D eigenvalue weighted by Gasteiger charge is 2.24. The molecule has 0 radical (unpaired) electrons. The first-order valence-electron chi connectivity index (χ1n) is 4.93. The molecule has 1 heterocycles. The lowest BCUT2D eigenvalue weighted by molar-refractivity contribution is -0.138. The molecule has 0 aliphatic carbocycles. The van der Waals surface area contributed by atoms with E-state index < -0.39 is 28.8 Å². The summed E-state index contributed by atoms with van der Waals surface area (Å²) in [7, 11) is -2.32. The summed E-state index contributed by atoms with van der Waals surface area (Å²) < 4.78 is 25.0. The van der Waals surface area contributed by atoms with Crippen molar-refractivity contribution < 1.29 is 18.3 Å². The Labute approximate surface area is 104 Å². The van der Waals surface area contributed by atoms with Gasteiger partial charge in [-0.1, -0.05) is 0 Å². The summed E-state index contributed by atoms with van der Waals surface area (Å²) in [6.45, 7) is -0.536. The molecule has 0 saturated heterocycles. The molecule has 0 aliphatic heterocycles. The first-order chi connectivity index (χ1) is 8.20. The molecule has 0 spiro atoms. The molecule has 0 fully saturated rings. The summed E-state index contributed by atoms with van der Waals surface area (Å²) in [6.07, 6.45) is 3.10. The van der Waals surface area contributed by atoms with Crippen LogP contribution in [0.1, 0.15) is 5.69 Å². The average Bonchev–Trinajstić information content (AvgIpc) is 2.61. The smallest absolute Gasteiger partial charge is 0.321 e. The van der Waals surface area contributed by atoms with Crippen molar-refractivity contribution in [2.75, 3.05) is 6.54 Å².